The summed E-state index contributed by atoms with van der Waals surface area (Å²) < 4.78 is 0. The van der Waals surface area contributed by atoms with Gasteiger partial charge in [-0.3, -0.25) is 9.69 Å². The molecule has 0 radical (unpaired) electrons. The predicted molar refractivity (Wildman–Crippen MR) is 66.9 cm³/mol. The fourth-order valence-corrected chi connectivity index (χ4v) is 2.65. The third-order valence-corrected chi connectivity index (χ3v) is 3.94. The van der Waals surface area contributed by atoms with Crippen LogP contribution in [0.25, 0.3) is 0 Å². The standard InChI is InChI=1S/C13H25NO3/c1-4-6-13(11(15)16)7-8-14(10-13)9-12(3,17)5-2/h17H,4-10H2,1-3H3,(H,15,16). The van der Waals surface area contributed by atoms with Gasteiger partial charge in [-0.25, -0.2) is 0 Å². The SMILES string of the molecule is CCCC1(C(=O)O)CCN(CC(C)(O)CC)C1. The van der Waals surface area contributed by atoms with Gasteiger partial charge in [0, 0.05) is 13.1 Å². The third kappa shape index (κ3) is 3.42. The van der Waals surface area contributed by atoms with Crippen LogP contribution in [0.5, 0.6) is 0 Å². The lowest BCUT2D eigenvalue weighted by atomic mass is 9.83. The molecule has 0 amide bonds. The quantitative estimate of drug-likeness (QED) is 0.746. The Labute approximate surface area is 104 Å². The molecule has 17 heavy (non-hydrogen) atoms. The summed E-state index contributed by atoms with van der Waals surface area (Å²) in [6.45, 7) is 7.71. The third-order valence-electron chi connectivity index (χ3n) is 3.94. The largest absolute Gasteiger partial charge is 0.481 e. The second kappa shape index (κ2) is 5.36. The van der Waals surface area contributed by atoms with Crippen LogP contribution in [0.2, 0.25) is 0 Å². The van der Waals surface area contributed by atoms with E-state index < -0.39 is 17.0 Å². The van der Waals surface area contributed by atoms with Crippen molar-refractivity contribution in [1.82, 2.24) is 4.90 Å². The summed E-state index contributed by atoms with van der Waals surface area (Å²) in [7, 11) is 0. The number of carbonyl (C=O) groups is 1. The number of β-amino-alcohol motifs (C(OH)–C–C–N with tert-alkyl or cyclic N) is 1. The van der Waals surface area contributed by atoms with Gasteiger partial charge in [-0.05, 0) is 32.7 Å². The van der Waals surface area contributed by atoms with Crippen LogP contribution >= 0.6 is 0 Å². The van der Waals surface area contributed by atoms with Crippen LogP contribution in [0.15, 0.2) is 0 Å². The lowest BCUT2D eigenvalue weighted by Crippen LogP contribution is -2.41. The Balaban J connectivity index is 2.64. The fourth-order valence-electron chi connectivity index (χ4n) is 2.65. The van der Waals surface area contributed by atoms with Gasteiger partial charge in [0.25, 0.3) is 0 Å². The summed E-state index contributed by atoms with van der Waals surface area (Å²) in [5.74, 6) is -0.682. The van der Waals surface area contributed by atoms with Gasteiger partial charge < -0.3 is 10.2 Å². The second-order valence-electron chi connectivity index (χ2n) is 5.65. The van der Waals surface area contributed by atoms with Gasteiger partial charge in [0.05, 0.1) is 11.0 Å². The van der Waals surface area contributed by atoms with Crippen molar-refractivity contribution in [3.8, 4) is 0 Å². The van der Waals surface area contributed by atoms with E-state index in [1.807, 2.05) is 20.8 Å². The monoisotopic (exact) mass is 243 g/mol. The maximum absolute atomic E-state index is 11.4. The molecular weight excluding hydrogens is 218 g/mol. The predicted octanol–water partition coefficient (Wildman–Crippen LogP) is 1.72. The number of nitrogens with zero attached hydrogens (tertiary/aromatic N) is 1. The molecule has 4 nitrogen and oxygen atoms in total. The van der Waals surface area contributed by atoms with E-state index in [-0.39, 0.29) is 0 Å². The van der Waals surface area contributed by atoms with E-state index in [9.17, 15) is 15.0 Å². The molecule has 0 spiro atoms. The van der Waals surface area contributed by atoms with Crippen molar-refractivity contribution < 1.29 is 15.0 Å². The molecule has 1 heterocycles. The number of aliphatic hydroxyl groups is 1. The summed E-state index contributed by atoms with van der Waals surface area (Å²) in [5, 5.41) is 19.4. The summed E-state index contributed by atoms with van der Waals surface area (Å²) in [5.41, 5.74) is -1.29. The minimum absolute atomic E-state index is 0.572. The van der Waals surface area contributed by atoms with E-state index in [4.69, 9.17) is 0 Å². The van der Waals surface area contributed by atoms with E-state index in [1.54, 1.807) is 0 Å². The first kappa shape index (κ1) is 14.5. The number of carboxylic acids is 1. The minimum atomic E-state index is -0.708. The number of hydrogen-bond donors (Lipinski definition) is 2. The molecule has 0 bridgehead atoms. The number of aliphatic carboxylic acids is 1. The first-order chi connectivity index (χ1) is 7.85. The highest BCUT2D eigenvalue weighted by atomic mass is 16.4. The molecule has 1 aliphatic heterocycles. The van der Waals surface area contributed by atoms with Crippen LogP contribution in [-0.2, 0) is 4.79 Å². The van der Waals surface area contributed by atoms with Crippen LogP contribution in [0.1, 0.15) is 46.5 Å². The van der Waals surface area contributed by atoms with Gasteiger partial charge in [0.2, 0.25) is 0 Å². The van der Waals surface area contributed by atoms with Gasteiger partial charge in [-0.1, -0.05) is 20.3 Å². The zero-order valence-electron chi connectivity index (χ0n) is 11.2. The van der Waals surface area contributed by atoms with Gasteiger partial charge in [0.1, 0.15) is 0 Å². The fraction of sp³-hybridized carbons (Fsp3) is 0.923. The first-order valence-corrected chi connectivity index (χ1v) is 6.53. The molecule has 1 rings (SSSR count). The summed E-state index contributed by atoms with van der Waals surface area (Å²) in [6, 6.07) is 0. The van der Waals surface area contributed by atoms with E-state index in [1.165, 1.54) is 0 Å². The first-order valence-electron chi connectivity index (χ1n) is 6.53. The van der Waals surface area contributed by atoms with E-state index in [0.29, 0.717) is 25.9 Å². The lowest BCUT2D eigenvalue weighted by Gasteiger charge is -2.29. The molecule has 0 aromatic rings. The van der Waals surface area contributed by atoms with Crippen molar-refractivity contribution in [3.63, 3.8) is 0 Å². The van der Waals surface area contributed by atoms with Gasteiger partial charge in [-0.2, -0.15) is 0 Å². The topological polar surface area (TPSA) is 60.8 Å². The van der Waals surface area contributed by atoms with Crippen molar-refractivity contribution in [3.05, 3.63) is 0 Å². The zero-order chi connectivity index (χ0) is 13.1. The number of likely N-dealkylation sites (tertiary alicyclic amines) is 1. The number of rotatable bonds is 6. The van der Waals surface area contributed by atoms with Gasteiger partial charge >= 0.3 is 5.97 Å². The minimum Gasteiger partial charge on any atom is -0.481 e. The molecule has 4 heteroatoms. The molecule has 100 valence electrons. The Hall–Kier alpha value is -0.610. The molecule has 0 aromatic carbocycles. The van der Waals surface area contributed by atoms with Crippen molar-refractivity contribution >= 4 is 5.97 Å². The van der Waals surface area contributed by atoms with E-state index >= 15 is 0 Å². The summed E-state index contributed by atoms with van der Waals surface area (Å²) in [4.78, 5) is 13.5. The van der Waals surface area contributed by atoms with E-state index in [0.717, 1.165) is 19.4 Å². The van der Waals surface area contributed by atoms with Crippen molar-refractivity contribution in [2.45, 2.75) is 52.1 Å². The van der Waals surface area contributed by atoms with Crippen molar-refractivity contribution in [2.75, 3.05) is 19.6 Å². The molecule has 2 N–H and O–H groups in total. The highest BCUT2D eigenvalue weighted by molar-refractivity contribution is 5.75. The molecular formula is C13H25NO3. The number of hydrogen-bond acceptors (Lipinski definition) is 3. The van der Waals surface area contributed by atoms with Crippen LogP contribution in [0.4, 0.5) is 0 Å². The molecule has 1 aliphatic rings. The Bertz CT molecular complexity index is 278. The molecule has 2 unspecified atom stereocenters. The highest BCUT2D eigenvalue weighted by Crippen LogP contribution is 2.36. The molecule has 0 saturated carbocycles. The Kier molecular flexibility index (Phi) is 4.55. The zero-order valence-corrected chi connectivity index (χ0v) is 11.2. The van der Waals surface area contributed by atoms with Crippen LogP contribution in [0, 0.1) is 5.41 Å². The maximum Gasteiger partial charge on any atom is 0.310 e. The molecule has 2 atom stereocenters. The second-order valence-corrected chi connectivity index (χ2v) is 5.65. The normalized spacial score (nSPS) is 29.2. The van der Waals surface area contributed by atoms with Crippen molar-refractivity contribution in [2.24, 2.45) is 5.41 Å². The highest BCUT2D eigenvalue weighted by Gasteiger charge is 2.44. The number of carboxylic acid groups (broad SMARTS) is 1. The van der Waals surface area contributed by atoms with Crippen LogP contribution in [0.3, 0.4) is 0 Å². The van der Waals surface area contributed by atoms with Crippen LogP contribution in [-0.4, -0.2) is 46.3 Å². The average Bonchev–Trinajstić information content (AvgIpc) is 2.63. The Morgan fingerprint density at radius 1 is 1.47 bits per heavy atom. The van der Waals surface area contributed by atoms with Gasteiger partial charge in [-0.15, -0.1) is 0 Å². The molecule has 0 aliphatic carbocycles. The van der Waals surface area contributed by atoms with Gasteiger partial charge in [0.15, 0.2) is 0 Å². The van der Waals surface area contributed by atoms with Crippen molar-refractivity contribution in [1.29, 1.82) is 0 Å². The molecule has 0 aromatic heterocycles. The molecule has 1 saturated heterocycles. The maximum atomic E-state index is 11.4. The lowest BCUT2D eigenvalue weighted by molar-refractivity contribution is -0.148. The molecule has 1 fully saturated rings. The summed E-state index contributed by atoms with van der Waals surface area (Å²) >= 11 is 0. The smallest absolute Gasteiger partial charge is 0.310 e. The van der Waals surface area contributed by atoms with Crippen LogP contribution < -0.4 is 0 Å². The Morgan fingerprint density at radius 2 is 2.12 bits per heavy atom. The Morgan fingerprint density at radius 3 is 2.59 bits per heavy atom. The van der Waals surface area contributed by atoms with E-state index in [2.05, 4.69) is 4.90 Å². The average molecular weight is 243 g/mol. The summed E-state index contributed by atoms with van der Waals surface area (Å²) in [6.07, 6.45) is 3.02.